The van der Waals surface area contributed by atoms with Crippen molar-refractivity contribution in [3.05, 3.63) is 38.3 Å². The number of non-ortho nitro benzene ring substituents is 1. The van der Waals surface area contributed by atoms with Crippen LogP contribution in [0.2, 0.25) is 0 Å². The highest BCUT2D eigenvalue weighted by Crippen LogP contribution is 2.23. The Balaban J connectivity index is 2.84. The predicted molar refractivity (Wildman–Crippen MR) is 63.0 cm³/mol. The third-order valence-electron chi connectivity index (χ3n) is 1.85. The number of benzene rings is 1. The maximum Gasteiger partial charge on any atom is 0.270 e. The van der Waals surface area contributed by atoms with Crippen LogP contribution >= 0.6 is 28.6 Å². The standard InChI is InChI=1S/C9H10BrNO2S/c10-9-6-8(11(12)13)4-3-7(9)2-1-5-14/h3-4,6,14H,1-2,5H2. The summed E-state index contributed by atoms with van der Waals surface area (Å²) in [5, 5.41) is 10.5. The lowest BCUT2D eigenvalue weighted by Crippen LogP contribution is -1.92. The van der Waals surface area contributed by atoms with Crippen molar-refractivity contribution in [1.82, 2.24) is 0 Å². The second-order valence-corrected chi connectivity index (χ2v) is 4.16. The van der Waals surface area contributed by atoms with Crippen molar-refractivity contribution in [2.75, 3.05) is 5.75 Å². The zero-order chi connectivity index (χ0) is 10.6. The molecule has 0 saturated carbocycles. The van der Waals surface area contributed by atoms with Gasteiger partial charge in [0.15, 0.2) is 0 Å². The first-order valence-corrected chi connectivity index (χ1v) is 5.61. The van der Waals surface area contributed by atoms with E-state index in [0.717, 1.165) is 28.6 Å². The van der Waals surface area contributed by atoms with Gasteiger partial charge in [-0.3, -0.25) is 10.1 Å². The molecule has 0 aliphatic carbocycles. The molecule has 0 fully saturated rings. The first kappa shape index (κ1) is 11.5. The average Bonchev–Trinajstić information content (AvgIpc) is 2.15. The van der Waals surface area contributed by atoms with Crippen LogP contribution in [0.25, 0.3) is 0 Å². The van der Waals surface area contributed by atoms with Gasteiger partial charge >= 0.3 is 0 Å². The number of thiol groups is 1. The Kier molecular flexibility index (Phi) is 4.41. The second kappa shape index (κ2) is 5.36. The van der Waals surface area contributed by atoms with E-state index in [0.29, 0.717) is 0 Å². The number of nitro groups is 1. The van der Waals surface area contributed by atoms with Gasteiger partial charge in [-0.05, 0) is 24.2 Å². The maximum absolute atomic E-state index is 10.5. The van der Waals surface area contributed by atoms with Gasteiger partial charge in [0.2, 0.25) is 0 Å². The van der Waals surface area contributed by atoms with E-state index >= 15 is 0 Å². The van der Waals surface area contributed by atoms with Crippen molar-refractivity contribution in [1.29, 1.82) is 0 Å². The number of aryl methyl sites for hydroxylation is 1. The molecule has 0 N–H and O–H groups in total. The van der Waals surface area contributed by atoms with Crippen molar-refractivity contribution in [2.45, 2.75) is 12.8 Å². The van der Waals surface area contributed by atoms with E-state index in [1.165, 1.54) is 12.1 Å². The van der Waals surface area contributed by atoms with Crippen LogP contribution in [-0.2, 0) is 6.42 Å². The zero-order valence-corrected chi connectivity index (χ0v) is 9.92. The molecule has 0 unspecified atom stereocenters. The van der Waals surface area contributed by atoms with Crippen molar-refractivity contribution in [2.24, 2.45) is 0 Å². The van der Waals surface area contributed by atoms with Crippen molar-refractivity contribution < 1.29 is 4.92 Å². The highest BCUT2D eigenvalue weighted by Gasteiger charge is 2.08. The second-order valence-electron chi connectivity index (χ2n) is 2.86. The molecule has 1 rings (SSSR count). The monoisotopic (exact) mass is 275 g/mol. The summed E-state index contributed by atoms with van der Waals surface area (Å²) < 4.78 is 0.800. The van der Waals surface area contributed by atoms with Crippen LogP contribution in [0.5, 0.6) is 0 Å². The largest absolute Gasteiger partial charge is 0.270 e. The van der Waals surface area contributed by atoms with Gasteiger partial charge in [-0.1, -0.05) is 22.0 Å². The molecule has 0 atom stereocenters. The molecule has 0 radical (unpaired) electrons. The minimum absolute atomic E-state index is 0.117. The van der Waals surface area contributed by atoms with E-state index < -0.39 is 4.92 Å². The van der Waals surface area contributed by atoms with Crippen molar-refractivity contribution >= 4 is 34.2 Å². The molecule has 5 heteroatoms. The fraction of sp³-hybridized carbons (Fsp3) is 0.333. The summed E-state index contributed by atoms with van der Waals surface area (Å²) in [6.07, 6.45) is 1.86. The first-order chi connectivity index (χ1) is 6.65. The minimum atomic E-state index is -0.396. The van der Waals surface area contributed by atoms with E-state index in [1.807, 2.05) is 0 Å². The number of halogens is 1. The van der Waals surface area contributed by atoms with E-state index in [2.05, 4.69) is 28.6 Å². The normalized spacial score (nSPS) is 10.1. The molecule has 76 valence electrons. The Hall–Kier alpha value is -0.550. The summed E-state index contributed by atoms with van der Waals surface area (Å²) in [4.78, 5) is 10.1. The van der Waals surface area contributed by atoms with Gasteiger partial charge in [-0.15, -0.1) is 0 Å². The Bertz CT molecular complexity index is 344. The number of hydrogen-bond donors (Lipinski definition) is 1. The van der Waals surface area contributed by atoms with Crippen LogP contribution in [-0.4, -0.2) is 10.7 Å². The van der Waals surface area contributed by atoms with Gasteiger partial charge in [0.25, 0.3) is 5.69 Å². The van der Waals surface area contributed by atoms with Crippen LogP contribution in [0.1, 0.15) is 12.0 Å². The third kappa shape index (κ3) is 2.99. The Morgan fingerprint density at radius 2 is 2.21 bits per heavy atom. The fourth-order valence-corrected chi connectivity index (χ4v) is 1.85. The number of rotatable bonds is 4. The van der Waals surface area contributed by atoms with E-state index in [9.17, 15) is 10.1 Å². The Morgan fingerprint density at radius 3 is 2.71 bits per heavy atom. The summed E-state index contributed by atoms with van der Waals surface area (Å²) in [6.45, 7) is 0. The number of nitrogens with zero attached hydrogens (tertiary/aromatic N) is 1. The molecule has 0 aliphatic rings. The molecule has 0 saturated heterocycles. The van der Waals surface area contributed by atoms with Gasteiger partial charge < -0.3 is 0 Å². The molecule has 0 aliphatic heterocycles. The van der Waals surface area contributed by atoms with Gasteiger partial charge in [0.1, 0.15) is 0 Å². The number of nitro benzene ring substituents is 1. The summed E-state index contributed by atoms with van der Waals surface area (Å²) in [5.41, 5.74) is 1.20. The van der Waals surface area contributed by atoms with Gasteiger partial charge in [0, 0.05) is 16.6 Å². The average molecular weight is 276 g/mol. The van der Waals surface area contributed by atoms with Crippen molar-refractivity contribution in [3.63, 3.8) is 0 Å². The zero-order valence-electron chi connectivity index (χ0n) is 7.44. The smallest absolute Gasteiger partial charge is 0.258 e. The quantitative estimate of drug-likeness (QED) is 0.521. The van der Waals surface area contributed by atoms with Crippen LogP contribution in [0.15, 0.2) is 22.7 Å². The molecule has 0 bridgehead atoms. The molecule has 0 amide bonds. The van der Waals surface area contributed by atoms with Gasteiger partial charge in [-0.2, -0.15) is 12.6 Å². The van der Waals surface area contributed by atoms with Gasteiger partial charge in [0.05, 0.1) is 4.92 Å². The highest BCUT2D eigenvalue weighted by atomic mass is 79.9. The van der Waals surface area contributed by atoms with E-state index in [4.69, 9.17) is 0 Å². The van der Waals surface area contributed by atoms with Crippen LogP contribution in [0.3, 0.4) is 0 Å². The van der Waals surface area contributed by atoms with Crippen LogP contribution in [0.4, 0.5) is 5.69 Å². The highest BCUT2D eigenvalue weighted by molar-refractivity contribution is 9.10. The molecule has 3 nitrogen and oxygen atoms in total. The van der Waals surface area contributed by atoms with Gasteiger partial charge in [-0.25, -0.2) is 0 Å². The SMILES string of the molecule is O=[N+]([O-])c1ccc(CCCS)c(Br)c1. The molecule has 1 aromatic rings. The number of hydrogen-bond acceptors (Lipinski definition) is 3. The molecule has 0 spiro atoms. The summed E-state index contributed by atoms with van der Waals surface area (Å²) in [5.74, 6) is 0.823. The molecule has 14 heavy (non-hydrogen) atoms. The third-order valence-corrected chi connectivity index (χ3v) is 2.91. The topological polar surface area (TPSA) is 43.1 Å². The first-order valence-electron chi connectivity index (χ1n) is 4.19. The molecule has 0 aromatic heterocycles. The molecular formula is C9H10BrNO2S. The maximum atomic E-state index is 10.5. The van der Waals surface area contributed by atoms with Crippen LogP contribution in [0, 0.1) is 10.1 Å². The summed E-state index contributed by atoms with van der Waals surface area (Å²) in [7, 11) is 0. The lowest BCUT2D eigenvalue weighted by atomic mass is 10.1. The summed E-state index contributed by atoms with van der Waals surface area (Å²) in [6, 6.07) is 4.85. The molecule has 0 heterocycles. The molecular weight excluding hydrogens is 266 g/mol. The lowest BCUT2D eigenvalue weighted by Gasteiger charge is -2.02. The van der Waals surface area contributed by atoms with E-state index in [1.54, 1.807) is 6.07 Å². The van der Waals surface area contributed by atoms with Crippen LogP contribution < -0.4 is 0 Å². The predicted octanol–water partition coefficient (Wildman–Crippen LogP) is 3.22. The summed E-state index contributed by atoms with van der Waals surface area (Å²) >= 11 is 7.43. The van der Waals surface area contributed by atoms with E-state index in [-0.39, 0.29) is 5.69 Å². The molecule has 1 aromatic carbocycles. The Labute approximate surface area is 96.2 Å². The van der Waals surface area contributed by atoms with Crippen molar-refractivity contribution in [3.8, 4) is 0 Å². The minimum Gasteiger partial charge on any atom is -0.258 e. The Morgan fingerprint density at radius 1 is 1.50 bits per heavy atom. The fourth-order valence-electron chi connectivity index (χ4n) is 1.12. The lowest BCUT2D eigenvalue weighted by molar-refractivity contribution is -0.384.